The molecule has 6 heteroatoms. The van der Waals surface area contributed by atoms with Crippen LogP contribution < -0.4 is 0 Å². The van der Waals surface area contributed by atoms with Crippen LogP contribution in [-0.4, -0.2) is 37.4 Å². The van der Waals surface area contributed by atoms with E-state index in [1.807, 2.05) is 31.8 Å². The molecule has 20 heavy (non-hydrogen) atoms. The largest absolute Gasteiger partial charge is 0.395 e. The molecule has 0 radical (unpaired) electrons. The Balaban J connectivity index is 1.86. The van der Waals surface area contributed by atoms with Gasteiger partial charge in [-0.3, -0.25) is 4.90 Å². The van der Waals surface area contributed by atoms with E-state index in [1.165, 1.54) is 5.69 Å². The molecule has 0 saturated carbocycles. The van der Waals surface area contributed by atoms with Gasteiger partial charge >= 0.3 is 0 Å². The van der Waals surface area contributed by atoms with Gasteiger partial charge in [0.1, 0.15) is 5.76 Å². The summed E-state index contributed by atoms with van der Waals surface area (Å²) in [5.74, 6) is 0.853. The van der Waals surface area contributed by atoms with Crippen molar-refractivity contribution in [3.63, 3.8) is 0 Å². The Morgan fingerprint density at radius 1 is 1.45 bits per heavy atom. The predicted molar refractivity (Wildman–Crippen MR) is 73.0 cm³/mol. The van der Waals surface area contributed by atoms with Gasteiger partial charge in [-0.25, -0.2) is 4.98 Å². The maximum atomic E-state index is 9.67. The van der Waals surface area contributed by atoms with E-state index in [-0.39, 0.29) is 12.6 Å². The molecule has 2 aromatic rings. The lowest BCUT2D eigenvalue weighted by Gasteiger charge is -2.34. The first kappa shape index (κ1) is 13.3. The number of aryl methyl sites for hydroxylation is 3. The fourth-order valence-electron chi connectivity index (χ4n) is 2.87. The molecule has 3 heterocycles. The average molecular weight is 276 g/mol. The molecule has 108 valence electrons. The number of aliphatic hydroxyl groups excluding tert-OH is 1. The minimum atomic E-state index is 0.117. The van der Waals surface area contributed by atoms with E-state index in [1.54, 1.807) is 0 Å². The van der Waals surface area contributed by atoms with Crippen molar-refractivity contribution < 1.29 is 9.63 Å². The highest BCUT2D eigenvalue weighted by Gasteiger charge is 2.29. The second-order valence-corrected chi connectivity index (χ2v) is 5.50. The van der Waals surface area contributed by atoms with Crippen LogP contribution in [0.3, 0.4) is 0 Å². The van der Waals surface area contributed by atoms with Crippen molar-refractivity contribution >= 4 is 0 Å². The van der Waals surface area contributed by atoms with Gasteiger partial charge in [0.25, 0.3) is 0 Å². The maximum absolute atomic E-state index is 9.67. The molecule has 1 aliphatic heterocycles. The lowest BCUT2D eigenvalue weighted by atomic mass is 10.0. The van der Waals surface area contributed by atoms with Crippen LogP contribution in [0.15, 0.2) is 10.9 Å². The minimum absolute atomic E-state index is 0.117. The molecule has 0 aliphatic carbocycles. The van der Waals surface area contributed by atoms with Crippen molar-refractivity contribution in [2.24, 2.45) is 7.05 Å². The molecular weight excluding hydrogens is 256 g/mol. The average Bonchev–Trinajstić information content (AvgIpc) is 2.95. The normalized spacial score (nSPS) is 19.3. The Kier molecular flexibility index (Phi) is 3.35. The van der Waals surface area contributed by atoms with E-state index in [4.69, 9.17) is 4.52 Å². The summed E-state index contributed by atoms with van der Waals surface area (Å²) in [7, 11) is 2.00. The molecule has 3 rings (SSSR count). The molecule has 1 atom stereocenters. The highest BCUT2D eigenvalue weighted by molar-refractivity contribution is 5.23. The number of rotatable bonds is 3. The van der Waals surface area contributed by atoms with Crippen molar-refractivity contribution in [3.8, 4) is 0 Å². The molecule has 2 aromatic heterocycles. The molecule has 0 aromatic carbocycles. The lowest BCUT2D eigenvalue weighted by Crippen LogP contribution is -2.42. The van der Waals surface area contributed by atoms with Crippen LogP contribution in [-0.2, 0) is 26.6 Å². The SMILES string of the molecule is Cc1noc(C)c1CN1Cc2ncn(C)c2C[C@H]1CO. The molecule has 0 bridgehead atoms. The zero-order valence-corrected chi connectivity index (χ0v) is 12.1. The minimum Gasteiger partial charge on any atom is -0.395 e. The van der Waals surface area contributed by atoms with Gasteiger partial charge in [0.15, 0.2) is 0 Å². The summed E-state index contributed by atoms with van der Waals surface area (Å²) >= 11 is 0. The Labute approximate surface area is 118 Å². The third-order valence-electron chi connectivity index (χ3n) is 4.20. The third kappa shape index (κ3) is 2.14. The highest BCUT2D eigenvalue weighted by atomic mass is 16.5. The van der Waals surface area contributed by atoms with Crippen molar-refractivity contribution in [2.45, 2.75) is 39.4 Å². The standard InChI is InChI=1S/C14H20N4O2/c1-9-12(10(2)20-16-9)5-18-6-13-14(4-11(18)7-19)17(3)8-15-13/h8,11,19H,4-7H2,1-3H3/t11-/m0/s1. The topological polar surface area (TPSA) is 67.3 Å². The van der Waals surface area contributed by atoms with E-state index in [0.717, 1.165) is 42.2 Å². The monoisotopic (exact) mass is 276 g/mol. The quantitative estimate of drug-likeness (QED) is 0.904. The first-order valence-electron chi connectivity index (χ1n) is 6.86. The number of fused-ring (bicyclic) bond motifs is 1. The van der Waals surface area contributed by atoms with Crippen LogP contribution in [0.2, 0.25) is 0 Å². The Bertz CT molecular complexity index is 597. The second-order valence-electron chi connectivity index (χ2n) is 5.50. The van der Waals surface area contributed by atoms with Gasteiger partial charge in [-0.2, -0.15) is 0 Å². The van der Waals surface area contributed by atoms with Crippen molar-refractivity contribution in [1.29, 1.82) is 0 Å². The maximum Gasteiger partial charge on any atom is 0.138 e. The number of nitrogens with zero attached hydrogens (tertiary/aromatic N) is 4. The molecule has 0 spiro atoms. The van der Waals surface area contributed by atoms with Gasteiger partial charge in [-0.1, -0.05) is 5.16 Å². The number of imidazole rings is 1. The van der Waals surface area contributed by atoms with Gasteiger partial charge in [0.2, 0.25) is 0 Å². The summed E-state index contributed by atoms with van der Waals surface area (Å²) in [6.07, 6.45) is 2.67. The molecule has 0 saturated heterocycles. The summed E-state index contributed by atoms with van der Waals surface area (Å²) < 4.78 is 7.27. The van der Waals surface area contributed by atoms with Gasteiger partial charge in [0.05, 0.1) is 24.3 Å². The van der Waals surface area contributed by atoms with Crippen LogP contribution in [0.1, 0.15) is 28.4 Å². The summed E-state index contributed by atoms with van der Waals surface area (Å²) in [6, 6.07) is 0.117. The Hall–Kier alpha value is -1.66. The van der Waals surface area contributed by atoms with Crippen LogP contribution in [0.4, 0.5) is 0 Å². The number of aromatic nitrogens is 3. The molecule has 0 amide bonds. The highest BCUT2D eigenvalue weighted by Crippen LogP contribution is 2.25. The summed E-state index contributed by atoms with van der Waals surface area (Å²) in [5, 5.41) is 13.7. The van der Waals surface area contributed by atoms with Gasteiger partial charge in [0, 0.05) is 43.9 Å². The van der Waals surface area contributed by atoms with Crippen molar-refractivity contribution in [2.75, 3.05) is 6.61 Å². The molecular formula is C14H20N4O2. The molecule has 1 N–H and O–H groups in total. The second kappa shape index (κ2) is 5.03. The first-order valence-corrected chi connectivity index (χ1v) is 6.86. The number of hydrogen-bond acceptors (Lipinski definition) is 5. The zero-order valence-electron chi connectivity index (χ0n) is 12.1. The van der Waals surface area contributed by atoms with Gasteiger partial charge in [-0.15, -0.1) is 0 Å². The van der Waals surface area contributed by atoms with Crippen molar-refractivity contribution in [1.82, 2.24) is 19.6 Å². The molecule has 0 unspecified atom stereocenters. The van der Waals surface area contributed by atoms with Crippen molar-refractivity contribution in [3.05, 3.63) is 34.7 Å². The Morgan fingerprint density at radius 2 is 2.25 bits per heavy atom. The Morgan fingerprint density at radius 3 is 2.90 bits per heavy atom. The fraction of sp³-hybridized carbons (Fsp3) is 0.571. The van der Waals surface area contributed by atoms with Gasteiger partial charge in [-0.05, 0) is 13.8 Å². The van der Waals surface area contributed by atoms with Gasteiger partial charge < -0.3 is 14.2 Å². The molecule has 6 nitrogen and oxygen atoms in total. The fourth-order valence-corrected chi connectivity index (χ4v) is 2.87. The van der Waals surface area contributed by atoms with E-state index in [2.05, 4.69) is 15.0 Å². The predicted octanol–water partition coefficient (Wildman–Crippen LogP) is 0.944. The number of aliphatic hydroxyl groups is 1. The van der Waals surface area contributed by atoms with E-state index >= 15 is 0 Å². The zero-order chi connectivity index (χ0) is 14.3. The molecule has 0 fully saturated rings. The van der Waals surface area contributed by atoms with Crippen LogP contribution >= 0.6 is 0 Å². The number of hydrogen-bond donors (Lipinski definition) is 1. The smallest absolute Gasteiger partial charge is 0.138 e. The van der Waals surface area contributed by atoms with Crippen LogP contribution in [0.5, 0.6) is 0 Å². The first-order chi connectivity index (χ1) is 9.60. The van der Waals surface area contributed by atoms with E-state index < -0.39 is 0 Å². The summed E-state index contributed by atoms with van der Waals surface area (Å²) in [5.41, 5.74) is 4.36. The van der Waals surface area contributed by atoms with Crippen LogP contribution in [0.25, 0.3) is 0 Å². The third-order valence-corrected chi connectivity index (χ3v) is 4.20. The molecule has 1 aliphatic rings. The van der Waals surface area contributed by atoms with Crippen LogP contribution in [0, 0.1) is 13.8 Å². The summed E-state index contributed by atoms with van der Waals surface area (Å²) in [4.78, 5) is 6.70. The lowest BCUT2D eigenvalue weighted by molar-refractivity contribution is 0.0961. The summed E-state index contributed by atoms with van der Waals surface area (Å²) in [6.45, 7) is 5.53. The van der Waals surface area contributed by atoms with E-state index in [0.29, 0.717) is 0 Å². The van der Waals surface area contributed by atoms with E-state index in [9.17, 15) is 5.11 Å².